The third-order valence-electron chi connectivity index (χ3n) is 3.44. The van der Waals surface area contributed by atoms with Crippen LogP contribution in [0.15, 0.2) is 51.7 Å². The zero-order chi connectivity index (χ0) is 18.0. The molecule has 0 saturated carbocycles. The maximum Gasteiger partial charge on any atom is 0.336 e. The Morgan fingerprint density at radius 1 is 1.12 bits per heavy atom. The molecule has 3 rings (SSSR count). The van der Waals surface area contributed by atoms with Crippen LogP contribution in [0.25, 0.3) is 11.0 Å². The van der Waals surface area contributed by atoms with Crippen LogP contribution in [0.4, 0.5) is 5.69 Å². The van der Waals surface area contributed by atoms with Crippen molar-refractivity contribution in [2.75, 3.05) is 5.32 Å². The third-order valence-corrected chi connectivity index (χ3v) is 4.17. The molecule has 0 aliphatic heterocycles. The lowest BCUT2D eigenvalue weighted by atomic mass is 10.1. The largest absolute Gasteiger partial charge is 0.489 e. The molecule has 0 aliphatic rings. The van der Waals surface area contributed by atoms with Crippen LogP contribution in [0.2, 0.25) is 10.0 Å². The normalized spacial score (nSPS) is 10.7. The molecule has 0 saturated heterocycles. The second kappa shape index (κ2) is 7.17. The van der Waals surface area contributed by atoms with Gasteiger partial charge in [0.1, 0.15) is 17.9 Å². The van der Waals surface area contributed by atoms with Gasteiger partial charge >= 0.3 is 5.63 Å². The Kier molecular flexibility index (Phi) is 4.97. The molecule has 128 valence electrons. The van der Waals surface area contributed by atoms with Crippen molar-refractivity contribution < 1.29 is 13.9 Å². The first-order valence-corrected chi connectivity index (χ1v) is 8.10. The molecule has 0 radical (unpaired) electrons. The number of hydrogen-bond donors (Lipinski definition) is 1. The summed E-state index contributed by atoms with van der Waals surface area (Å²) >= 11 is 11.8. The van der Waals surface area contributed by atoms with Gasteiger partial charge in [-0.2, -0.15) is 0 Å². The molecule has 1 aromatic heterocycles. The summed E-state index contributed by atoms with van der Waals surface area (Å²) < 4.78 is 10.9. The van der Waals surface area contributed by atoms with Gasteiger partial charge in [-0.3, -0.25) is 4.79 Å². The summed E-state index contributed by atoms with van der Waals surface area (Å²) in [5, 5.41) is 4.18. The van der Waals surface area contributed by atoms with Crippen LogP contribution in [0.3, 0.4) is 0 Å². The minimum atomic E-state index is -0.500. The van der Waals surface area contributed by atoms with E-state index in [4.69, 9.17) is 32.4 Å². The van der Waals surface area contributed by atoms with Crippen LogP contribution in [0, 0.1) is 0 Å². The second-order valence-electron chi connectivity index (χ2n) is 5.35. The fraction of sp³-hybridized carbons (Fsp3) is 0.111. The van der Waals surface area contributed by atoms with Crippen molar-refractivity contribution in [2.45, 2.75) is 13.5 Å². The van der Waals surface area contributed by atoms with Crippen molar-refractivity contribution in [2.24, 2.45) is 0 Å². The molecular weight excluding hydrogens is 365 g/mol. The Hall–Kier alpha value is -2.50. The van der Waals surface area contributed by atoms with E-state index in [1.165, 1.54) is 13.0 Å². The van der Waals surface area contributed by atoms with Gasteiger partial charge in [-0.15, -0.1) is 0 Å². The van der Waals surface area contributed by atoms with E-state index in [9.17, 15) is 9.59 Å². The first kappa shape index (κ1) is 17.3. The van der Waals surface area contributed by atoms with Gasteiger partial charge < -0.3 is 14.5 Å². The van der Waals surface area contributed by atoms with E-state index in [0.29, 0.717) is 38.0 Å². The molecule has 0 bridgehead atoms. The Bertz CT molecular complexity index is 1010. The molecule has 7 heteroatoms. The summed E-state index contributed by atoms with van der Waals surface area (Å²) in [7, 11) is 0. The lowest BCUT2D eigenvalue weighted by molar-refractivity contribution is -0.114. The number of amides is 1. The summed E-state index contributed by atoms with van der Waals surface area (Å²) in [6, 6.07) is 11.4. The first-order valence-electron chi connectivity index (χ1n) is 7.34. The zero-order valence-corrected chi connectivity index (χ0v) is 14.6. The van der Waals surface area contributed by atoms with E-state index in [2.05, 4.69) is 5.32 Å². The average molecular weight is 378 g/mol. The Morgan fingerprint density at radius 3 is 2.64 bits per heavy atom. The van der Waals surface area contributed by atoms with Crippen molar-refractivity contribution >= 4 is 45.8 Å². The van der Waals surface area contributed by atoms with E-state index in [0.717, 1.165) is 0 Å². The second-order valence-corrected chi connectivity index (χ2v) is 6.16. The average Bonchev–Trinajstić information content (AvgIpc) is 2.54. The van der Waals surface area contributed by atoms with Crippen LogP contribution < -0.4 is 15.7 Å². The molecule has 1 N–H and O–H groups in total. The highest BCUT2D eigenvalue weighted by atomic mass is 35.5. The number of anilines is 1. The van der Waals surface area contributed by atoms with Crippen molar-refractivity contribution in [3.8, 4) is 5.75 Å². The van der Waals surface area contributed by atoms with Crippen LogP contribution in [-0.2, 0) is 11.4 Å². The number of fused-ring (bicyclic) bond motifs is 1. The molecule has 5 nitrogen and oxygen atoms in total. The van der Waals surface area contributed by atoms with Crippen molar-refractivity contribution in [3.63, 3.8) is 0 Å². The molecule has 1 amide bonds. The number of rotatable bonds is 4. The van der Waals surface area contributed by atoms with E-state index in [1.807, 2.05) is 0 Å². The van der Waals surface area contributed by atoms with Crippen LogP contribution in [-0.4, -0.2) is 5.91 Å². The number of carbonyl (C=O) groups is 1. The molecule has 0 unspecified atom stereocenters. The van der Waals surface area contributed by atoms with Crippen LogP contribution in [0.1, 0.15) is 12.5 Å². The maximum atomic E-state index is 11.8. The number of nitrogens with one attached hydrogen (secondary N) is 1. The predicted octanol–water partition coefficient (Wildman–Crippen LogP) is 4.64. The maximum absolute atomic E-state index is 11.8. The highest BCUT2D eigenvalue weighted by Crippen LogP contribution is 2.27. The summed E-state index contributed by atoms with van der Waals surface area (Å²) in [4.78, 5) is 23.0. The highest BCUT2D eigenvalue weighted by Gasteiger charge is 2.09. The van der Waals surface area contributed by atoms with Gasteiger partial charge in [0.15, 0.2) is 0 Å². The topological polar surface area (TPSA) is 68.5 Å². The lowest BCUT2D eigenvalue weighted by Crippen LogP contribution is -2.07. The molecule has 25 heavy (non-hydrogen) atoms. The van der Waals surface area contributed by atoms with Crippen LogP contribution in [0.5, 0.6) is 5.75 Å². The molecule has 3 aromatic rings. The van der Waals surface area contributed by atoms with Gasteiger partial charge in [0.25, 0.3) is 0 Å². The van der Waals surface area contributed by atoms with E-state index in [-0.39, 0.29) is 12.5 Å². The number of benzene rings is 2. The molecule has 2 aromatic carbocycles. The smallest absolute Gasteiger partial charge is 0.336 e. The summed E-state index contributed by atoms with van der Waals surface area (Å²) in [5.41, 5.74) is 1.07. The van der Waals surface area contributed by atoms with Gasteiger partial charge in [0.05, 0.1) is 10.0 Å². The summed E-state index contributed by atoms with van der Waals surface area (Å²) in [6.45, 7) is 1.56. The first-order chi connectivity index (χ1) is 11.9. The van der Waals surface area contributed by atoms with Gasteiger partial charge in [0, 0.05) is 41.8 Å². The molecule has 1 heterocycles. The van der Waals surface area contributed by atoms with Crippen LogP contribution >= 0.6 is 23.2 Å². The Labute approximate surface area is 153 Å². The number of hydrogen-bond acceptors (Lipinski definition) is 4. The van der Waals surface area contributed by atoms with Gasteiger partial charge in [-0.05, 0) is 24.3 Å². The van der Waals surface area contributed by atoms with E-state index in [1.54, 1.807) is 36.4 Å². The summed E-state index contributed by atoms with van der Waals surface area (Å²) in [5.74, 6) is 0.325. The number of halogens is 2. The zero-order valence-electron chi connectivity index (χ0n) is 13.1. The molecular formula is C18H13Cl2NO4. The number of carbonyl (C=O) groups excluding carboxylic acids is 1. The van der Waals surface area contributed by atoms with Crippen molar-refractivity contribution in [3.05, 3.63) is 68.5 Å². The van der Waals surface area contributed by atoms with Gasteiger partial charge in [-0.1, -0.05) is 23.2 Å². The lowest BCUT2D eigenvalue weighted by Gasteiger charge is -2.10. The molecule has 0 spiro atoms. The molecule has 0 aliphatic carbocycles. The van der Waals surface area contributed by atoms with E-state index >= 15 is 0 Å². The Balaban J connectivity index is 1.91. The number of ether oxygens (including phenoxy) is 1. The van der Waals surface area contributed by atoms with Crippen molar-refractivity contribution in [1.29, 1.82) is 0 Å². The fourth-order valence-electron chi connectivity index (χ4n) is 2.36. The van der Waals surface area contributed by atoms with E-state index < -0.39 is 5.63 Å². The molecule has 0 atom stereocenters. The minimum Gasteiger partial charge on any atom is -0.489 e. The standard InChI is InChI=1S/C18H13Cl2NO4/c1-10(22)21-12-2-4-14-11(6-18(23)25-17(14)7-12)9-24-13-3-5-15(19)16(20)8-13/h2-8H,9H2,1H3,(H,21,22). The molecule has 0 fully saturated rings. The van der Waals surface area contributed by atoms with Gasteiger partial charge in [-0.25, -0.2) is 4.79 Å². The summed E-state index contributed by atoms with van der Waals surface area (Å²) in [6.07, 6.45) is 0. The van der Waals surface area contributed by atoms with Gasteiger partial charge in [0.2, 0.25) is 5.91 Å². The predicted molar refractivity (Wildman–Crippen MR) is 97.6 cm³/mol. The monoisotopic (exact) mass is 377 g/mol. The third kappa shape index (κ3) is 4.13. The Morgan fingerprint density at radius 2 is 1.92 bits per heavy atom. The quantitative estimate of drug-likeness (QED) is 0.672. The fourth-order valence-corrected chi connectivity index (χ4v) is 2.65. The minimum absolute atomic E-state index is 0.152. The highest BCUT2D eigenvalue weighted by molar-refractivity contribution is 6.42. The van der Waals surface area contributed by atoms with Crippen molar-refractivity contribution in [1.82, 2.24) is 0 Å². The SMILES string of the molecule is CC(=O)Nc1ccc2c(COc3ccc(Cl)c(Cl)c3)cc(=O)oc2c1.